The molecule has 0 aromatic heterocycles. The Labute approximate surface area is 528 Å². The van der Waals surface area contributed by atoms with Crippen LogP contribution in [0, 0.1) is 29.6 Å². The minimum absolute atomic E-state index is 0.0174. The number of benzene rings is 2. The summed E-state index contributed by atoms with van der Waals surface area (Å²) in [7, 11) is 0. The Kier molecular flexibility index (Phi) is 32.4. The van der Waals surface area contributed by atoms with Crippen molar-refractivity contribution in [2.45, 2.75) is 200 Å². The maximum atomic E-state index is 14.5. The summed E-state index contributed by atoms with van der Waals surface area (Å²) in [6, 6.07) is 3.95. The first-order valence-electron chi connectivity index (χ1n) is 31.3. The van der Waals surface area contributed by atoms with Gasteiger partial charge in [-0.1, -0.05) is 149 Å². The Bertz CT molecular complexity index is 2740. The lowest BCUT2D eigenvalue weighted by molar-refractivity contribution is -0.157. The number of esters is 1. The number of carbonyl (C=O) groups is 11. The van der Waals surface area contributed by atoms with E-state index in [4.69, 9.17) is 16.2 Å². The lowest BCUT2D eigenvalue weighted by atomic mass is 9.93. The van der Waals surface area contributed by atoms with Crippen molar-refractivity contribution in [2.75, 3.05) is 19.8 Å². The molecule has 27 heteroatoms. The fourth-order valence-electron chi connectivity index (χ4n) is 9.77. The van der Waals surface area contributed by atoms with E-state index in [1.165, 1.54) is 13.8 Å². The van der Waals surface area contributed by atoms with Crippen molar-refractivity contribution in [2.24, 2.45) is 46.0 Å². The van der Waals surface area contributed by atoms with E-state index in [2.05, 4.69) is 58.2 Å². The summed E-state index contributed by atoms with van der Waals surface area (Å²) in [4.78, 5) is 158. The first-order valence-corrected chi connectivity index (χ1v) is 31.3. The molecule has 0 aliphatic carbocycles. The van der Waals surface area contributed by atoms with Gasteiger partial charge < -0.3 is 79.6 Å². The first kappa shape index (κ1) is 76.0. The summed E-state index contributed by atoms with van der Waals surface area (Å²) in [6.07, 6.45) is 0.891. The highest BCUT2D eigenvalue weighted by Gasteiger charge is 2.41. The van der Waals surface area contributed by atoms with Crippen LogP contribution in [0.4, 0.5) is 0 Å². The molecule has 0 spiro atoms. The molecule has 1 heterocycles. The number of carbonyl (C=O) groups excluding carboxylic acids is 11. The minimum Gasteiger partial charge on any atom is -0.458 e. The summed E-state index contributed by atoms with van der Waals surface area (Å²) in [5.41, 5.74) is 12.7. The highest BCUT2D eigenvalue weighted by atomic mass is 16.5. The van der Waals surface area contributed by atoms with Crippen LogP contribution < -0.4 is 64.6 Å². The first-order chi connectivity index (χ1) is 42.7. The topological polar surface area (TPSA) is 422 Å². The highest BCUT2D eigenvalue weighted by molar-refractivity contribution is 5.99. The van der Waals surface area contributed by atoms with E-state index in [1.54, 1.807) is 78.8 Å². The van der Waals surface area contributed by atoms with E-state index in [0.29, 0.717) is 37.7 Å². The summed E-state index contributed by atoms with van der Waals surface area (Å²) in [5, 5.41) is 47.2. The van der Waals surface area contributed by atoms with E-state index in [9.17, 15) is 63.0 Å². The molecule has 0 radical (unpaired) electrons. The van der Waals surface area contributed by atoms with Gasteiger partial charge in [0.25, 0.3) is 0 Å². The smallest absolute Gasteiger partial charge is 0.329 e. The number of hydrogen-bond donors (Lipinski definition) is 14. The number of nitrogens with one attached hydrogen (secondary N) is 10. The molecule has 2 aromatic carbocycles. The fraction of sp³-hybridized carbons (Fsp3) is 0.619. The Balaban J connectivity index is 1.88. The Morgan fingerprint density at radius 1 is 0.556 bits per heavy atom. The van der Waals surface area contributed by atoms with Gasteiger partial charge in [0.1, 0.15) is 66.5 Å². The van der Waals surface area contributed by atoms with Crippen LogP contribution in [0.2, 0.25) is 0 Å². The summed E-state index contributed by atoms with van der Waals surface area (Å²) in [5.74, 6) is -12.2. The van der Waals surface area contributed by atoms with Crippen molar-refractivity contribution < 1.29 is 67.7 Å². The van der Waals surface area contributed by atoms with Crippen LogP contribution in [-0.2, 0) is 70.3 Å². The van der Waals surface area contributed by atoms with Gasteiger partial charge in [0, 0.05) is 18.9 Å². The van der Waals surface area contributed by atoms with Gasteiger partial charge in [0.05, 0.1) is 13.2 Å². The number of guanidine groups is 1. The van der Waals surface area contributed by atoms with Crippen LogP contribution >= 0.6 is 0 Å². The maximum absolute atomic E-state index is 14.5. The number of cyclic esters (lactones) is 1. The molecule has 3 rings (SSSR count). The van der Waals surface area contributed by atoms with E-state index in [0.717, 1.165) is 5.56 Å². The number of ether oxygens (including phenoxy) is 1. The normalized spacial score (nSPS) is 20.8. The predicted octanol–water partition coefficient (Wildman–Crippen LogP) is -0.466. The van der Waals surface area contributed by atoms with Gasteiger partial charge in [0.15, 0.2) is 5.96 Å². The van der Waals surface area contributed by atoms with Crippen molar-refractivity contribution >= 4 is 71.0 Å². The van der Waals surface area contributed by atoms with Crippen molar-refractivity contribution in [1.29, 1.82) is 0 Å². The second kappa shape index (κ2) is 38.4. The van der Waals surface area contributed by atoms with E-state index in [-0.39, 0.29) is 44.1 Å². The predicted molar refractivity (Wildman–Crippen MR) is 337 cm³/mol. The zero-order valence-corrected chi connectivity index (χ0v) is 53.9. The Morgan fingerprint density at radius 2 is 1.02 bits per heavy atom. The van der Waals surface area contributed by atoms with Gasteiger partial charge in [0.2, 0.25) is 59.1 Å². The van der Waals surface area contributed by atoms with Gasteiger partial charge >= 0.3 is 5.97 Å². The molecule has 1 aliphatic heterocycles. The van der Waals surface area contributed by atoms with E-state index < -0.39 is 168 Å². The molecule has 0 saturated carbocycles. The van der Waals surface area contributed by atoms with E-state index in [1.807, 2.05) is 44.2 Å². The molecular weight excluding hydrogens is 1160 g/mol. The lowest BCUT2D eigenvalue weighted by Gasteiger charge is -2.31. The largest absolute Gasteiger partial charge is 0.458 e. The third-order valence-electron chi connectivity index (χ3n) is 16.6. The quantitative estimate of drug-likeness (QED) is 0.0186. The van der Waals surface area contributed by atoms with Crippen LogP contribution in [0.5, 0.6) is 0 Å². The highest BCUT2D eigenvalue weighted by Crippen LogP contribution is 2.19. The van der Waals surface area contributed by atoms with Crippen LogP contribution in [0.25, 0.3) is 0 Å². The molecule has 1 saturated heterocycles. The number of nitrogens with zero attached hydrogens (tertiary/aromatic N) is 1. The fourth-order valence-corrected chi connectivity index (χ4v) is 9.77. The van der Waals surface area contributed by atoms with Crippen molar-refractivity contribution in [1.82, 2.24) is 53.2 Å². The molecule has 0 bridgehead atoms. The van der Waals surface area contributed by atoms with Gasteiger partial charge in [-0.3, -0.25) is 52.9 Å². The van der Waals surface area contributed by atoms with Crippen LogP contribution in [0.3, 0.4) is 0 Å². The third-order valence-corrected chi connectivity index (χ3v) is 16.6. The number of amides is 10. The van der Waals surface area contributed by atoms with E-state index >= 15 is 0 Å². The average molecular weight is 1260 g/mol. The zero-order valence-electron chi connectivity index (χ0n) is 53.9. The molecule has 2 aromatic rings. The molecule has 16 N–H and O–H groups in total. The average Bonchev–Trinajstić information content (AvgIpc) is 1.76. The van der Waals surface area contributed by atoms with Crippen molar-refractivity contribution in [3.8, 4) is 0 Å². The number of rotatable bonds is 33. The second-order valence-corrected chi connectivity index (χ2v) is 23.4. The molecule has 1 aliphatic rings. The molecule has 16 atom stereocenters. The molecule has 1 fully saturated rings. The SMILES string of the molecule is CC[C@H](Cc1ccccc1)C(=O)N[C@H](C(=O)N[C@@H](CO)C(=O)N[C@H](CCCN=C(N)N)C(=O)N[C@@H](C(=O)N[C@H](C(=O)N[C@@H](CO)C(=O)N[C@H]1C(=O)N[C@@H](C)C(=O)N[C@@H](Cc2ccccc2)C(=O)N[C@@H]([C@@H](C)CC)C(=O)O[C@H]1C)[C@@H](C)CC)[C@H](C)CC)[C@@H](C)CC. The molecule has 500 valence electrons. The maximum Gasteiger partial charge on any atom is 0.329 e. The standard InChI is InChI=1S/C63H99N13O14/c1-12-34(6)47(72-53(80)42(16-5)30-40-24-19-17-20-25-40)58(85)70-45(32-77)56(83)68-43(28-23-29-66-63(64)65)54(81)73-49(36(8)14-3)60(87)74-48(35(7)13-2)59(86)71-46(33-78)57(84)76-51-39(11)90-62(89)50(37(9)15-4)75-55(82)44(31-41-26-21-18-22-27-41)69-52(79)38(10)67-61(51)88/h17-22,24-27,34-39,42-51,77-78H,12-16,23,28-33H2,1-11H3,(H,67,88)(H,68,83)(H,69,79)(H,70,85)(H,71,86)(H,72,80)(H,73,81)(H,74,87)(H,75,82)(H,76,84)(H4,64,65,66)/t34-,35-,36+,37-,38-,39-,42+,43+,44-,45-,46-,47-,48-,49+,50-,51+/m0/s1. The summed E-state index contributed by atoms with van der Waals surface area (Å²) in [6.45, 7) is 16.4. The number of nitrogens with two attached hydrogens (primary N) is 2. The van der Waals surface area contributed by atoms with Gasteiger partial charge in [-0.15, -0.1) is 0 Å². The van der Waals surface area contributed by atoms with Crippen LogP contribution in [0.1, 0.15) is 132 Å². The number of aliphatic hydroxyl groups is 2. The van der Waals surface area contributed by atoms with Crippen molar-refractivity contribution in [3.63, 3.8) is 0 Å². The van der Waals surface area contributed by atoms with Gasteiger partial charge in [-0.25, -0.2) is 4.79 Å². The Morgan fingerprint density at radius 3 is 1.51 bits per heavy atom. The molecular formula is C63H99N13O14. The minimum atomic E-state index is -1.80. The second-order valence-electron chi connectivity index (χ2n) is 23.4. The zero-order chi connectivity index (χ0) is 67.4. The summed E-state index contributed by atoms with van der Waals surface area (Å²) < 4.78 is 5.76. The number of aliphatic hydroxyl groups excluding tert-OH is 2. The van der Waals surface area contributed by atoms with Gasteiger partial charge in [-0.2, -0.15) is 0 Å². The van der Waals surface area contributed by atoms with Crippen LogP contribution in [-0.4, -0.2) is 167 Å². The molecule has 0 unspecified atom stereocenters. The molecule has 10 amide bonds. The molecule has 27 nitrogen and oxygen atoms in total. The van der Waals surface area contributed by atoms with Gasteiger partial charge in [-0.05, 0) is 74.3 Å². The lowest BCUT2D eigenvalue weighted by Crippen LogP contribution is -2.63. The van der Waals surface area contributed by atoms with Crippen LogP contribution in [0.15, 0.2) is 65.7 Å². The molecule has 90 heavy (non-hydrogen) atoms. The third kappa shape index (κ3) is 23.6. The summed E-state index contributed by atoms with van der Waals surface area (Å²) >= 11 is 0. The monoisotopic (exact) mass is 1260 g/mol. The number of hydrogen-bond acceptors (Lipinski definition) is 15. The number of aliphatic imine (C=N–C) groups is 1. The Hall–Kier alpha value is -8.20. The van der Waals surface area contributed by atoms with Crippen molar-refractivity contribution in [3.05, 3.63) is 71.8 Å².